The number of methoxy groups -OCH3 is 3. The van der Waals surface area contributed by atoms with Crippen molar-refractivity contribution in [3.8, 4) is 5.75 Å². The number of benzene rings is 3. The van der Waals surface area contributed by atoms with Crippen LogP contribution in [0.2, 0.25) is 0 Å². The van der Waals surface area contributed by atoms with E-state index in [1.165, 1.54) is 21.1 Å². The van der Waals surface area contributed by atoms with Crippen LogP contribution in [0, 0.1) is 11.3 Å². The van der Waals surface area contributed by atoms with Gasteiger partial charge in [-0.15, -0.1) is 0 Å². The van der Waals surface area contributed by atoms with Gasteiger partial charge in [0.2, 0.25) is 5.60 Å². The maximum atomic E-state index is 15.8. The van der Waals surface area contributed by atoms with Crippen LogP contribution in [-0.2, 0) is 45.8 Å². The largest absolute Gasteiger partial charge is 0.496 e. The van der Waals surface area contributed by atoms with Crippen molar-refractivity contribution in [2.45, 2.75) is 99.5 Å². The Morgan fingerprint density at radius 1 is 0.929 bits per heavy atom. The van der Waals surface area contributed by atoms with Crippen LogP contribution in [0.3, 0.4) is 0 Å². The average molecular weight is 954 g/mol. The summed E-state index contributed by atoms with van der Waals surface area (Å²) in [5, 5.41) is 18.9. The van der Waals surface area contributed by atoms with Crippen molar-refractivity contribution < 1.29 is 47.6 Å². The quantitative estimate of drug-likeness (QED) is 0.0870. The molecule has 6 aliphatic rings. The Morgan fingerprint density at radius 3 is 2.47 bits per heavy atom. The molecule has 5 aliphatic heterocycles. The Balaban J connectivity index is 1.13. The van der Waals surface area contributed by atoms with E-state index in [1.54, 1.807) is 19.4 Å². The van der Waals surface area contributed by atoms with E-state index in [0.717, 1.165) is 38.8 Å². The van der Waals surface area contributed by atoms with Crippen LogP contribution in [0.4, 0.5) is 5.69 Å². The van der Waals surface area contributed by atoms with Gasteiger partial charge in [-0.05, 0) is 98.5 Å². The van der Waals surface area contributed by atoms with Gasteiger partial charge in [0, 0.05) is 102 Å². The molecule has 2 saturated heterocycles. The maximum Gasteiger partial charge on any atom is 0.344 e. The number of para-hydroxylation sites is 1. The normalized spacial score (nSPS) is 33.0. The second-order valence-corrected chi connectivity index (χ2v) is 20.9. The minimum atomic E-state index is -2.34. The summed E-state index contributed by atoms with van der Waals surface area (Å²) in [6.07, 6.45) is 7.56. The van der Waals surface area contributed by atoms with E-state index in [1.807, 2.05) is 61.3 Å². The van der Waals surface area contributed by atoms with Crippen molar-refractivity contribution >= 4 is 51.4 Å². The average Bonchev–Trinajstić information content (AvgIpc) is 4.16. The van der Waals surface area contributed by atoms with Gasteiger partial charge in [-0.25, -0.2) is 4.79 Å². The number of H-pyrrole nitrogens is 1. The smallest absolute Gasteiger partial charge is 0.344 e. The molecule has 0 radical (unpaired) electrons. The van der Waals surface area contributed by atoms with E-state index >= 15 is 4.79 Å². The van der Waals surface area contributed by atoms with Gasteiger partial charge in [0.25, 0.3) is 5.91 Å². The fraction of sp³-hybridized carbons (Fsp3) is 0.491. The van der Waals surface area contributed by atoms with Crippen LogP contribution in [0.1, 0.15) is 85.6 Å². The number of likely N-dealkylation sites (N-methyl/N-ethyl adjacent to an activating group) is 1. The lowest BCUT2D eigenvalue weighted by atomic mass is 9.47. The Morgan fingerprint density at radius 2 is 1.73 bits per heavy atom. The third-order valence-corrected chi connectivity index (χ3v) is 17.7. The molecule has 1 amide bonds. The molecule has 2 bridgehead atoms. The van der Waals surface area contributed by atoms with Crippen molar-refractivity contribution in [3.63, 3.8) is 0 Å². The van der Waals surface area contributed by atoms with Gasteiger partial charge in [-0.3, -0.25) is 19.3 Å². The number of hydrogen-bond acceptors (Lipinski definition) is 13. The molecule has 15 nitrogen and oxygen atoms in total. The van der Waals surface area contributed by atoms with E-state index in [4.69, 9.17) is 23.4 Å². The van der Waals surface area contributed by atoms with Crippen LogP contribution in [0.15, 0.2) is 83.5 Å². The van der Waals surface area contributed by atoms with Crippen molar-refractivity contribution in [2.75, 3.05) is 66.0 Å². The fourth-order valence-electron chi connectivity index (χ4n) is 15.1. The highest BCUT2D eigenvalue weighted by Gasteiger charge is 2.80. The molecule has 7 heterocycles. The molecule has 5 aromatic rings. The second-order valence-electron chi connectivity index (χ2n) is 20.9. The summed E-state index contributed by atoms with van der Waals surface area (Å²) in [5.74, 6) is -1.84. The SMILES string of the molecule is CC[C@]1(NC(=O)c2ccc3occc3c2)C[C@H]2CN(CCc3c([nH]c4ccccc34)[C@@](C(=O)OC)(c3cc4c(cc3OC)N(C)[C@H]3[C@@](O)(C(=O)OC)[C@H](OC(C)=O)[C@]5(CC)C=CCN6CC[C@]43[C@@H]65)C2)C1. The molecular weight excluding hydrogens is 891 g/mol. The molecule has 3 N–H and O–H groups in total. The summed E-state index contributed by atoms with van der Waals surface area (Å²) in [6.45, 7) is 8.68. The zero-order valence-electron chi connectivity index (χ0n) is 41.1. The Hall–Kier alpha value is -6.16. The summed E-state index contributed by atoms with van der Waals surface area (Å²) < 4.78 is 29.9. The van der Waals surface area contributed by atoms with Gasteiger partial charge in [0.05, 0.1) is 39.2 Å². The molecule has 1 saturated carbocycles. The lowest BCUT2D eigenvalue weighted by Gasteiger charge is -2.63. The summed E-state index contributed by atoms with van der Waals surface area (Å²) in [6, 6.07) is 18.2. The van der Waals surface area contributed by atoms with Crippen molar-refractivity contribution in [1.29, 1.82) is 0 Å². The minimum absolute atomic E-state index is 0.143. The highest BCUT2D eigenvalue weighted by molar-refractivity contribution is 5.98. The number of hydrogen-bond donors (Lipinski definition) is 3. The number of rotatable bonds is 9. The zero-order chi connectivity index (χ0) is 49.1. The predicted octanol–water partition coefficient (Wildman–Crippen LogP) is 6.17. The van der Waals surface area contributed by atoms with Crippen molar-refractivity contribution in [3.05, 3.63) is 107 Å². The van der Waals surface area contributed by atoms with E-state index in [0.29, 0.717) is 93.7 Å². The van der Waals surface area contributed by atoms with Crippen LogP contribution >= 0.6 is 0 Å². The summed E-state index contributed by atoms with van der Waals surface area (Å²) >= 11 is 0. The van der Waals surface area contributed by atoms with Crippen LogP contribution < -0.4 is 15.0 Å². The highest BCUT2D eigenvalue weighted by Crippen LogP contribution is 2.68. The number of fused-ring (bicyclic) bond motifs is 7. The number of nitrogens with zero attached hydrogens (tertiary/aromatic N) is 3. The number of aromatic nitrogens is 1. The monoisotopic (exact) mass is 953 g/mol. The first-order chi connectivity index (χ1) is 33.7. The first kappa shape index (κ1) is 46.2. The van der Waals surface area contributed by atoms with E-state index in [9.17, 15) is 19.5 Å². The molecule has 1 spiro atoms. The van der Waals surface area contributed by atoms with Crippen LogP contribution in [-0.4, -0.2) is 134 Å². The number of furan rings is 1. The molecule has 10 atom stereocenters. The number of carbonyl (C=O) groups is 4. The first-order valence-corrected chi connectivity index (χ1v) is 24.7. The Labute approximate surface area is 407 Å². The van der Waals surface area contributed by atoms with Gasteiger partial charge in [-0.2, -0.15) is 0 Å². The standard InChI is InChI=1S/C55H63N5O10/c1-8-51(57-45(62)35-15-16-42-34(25-35)18-24-69-42)28-33-29-54(49(63)67-6,44-37(17-22-59(30-33)31-51)36-13-10-11-14-40(36)56-44)39-26-38-41(27-43(39)66-5)58(4)47-53(38)20-23-60-21-12-19-52(9-2,46(53)60)48(70-32(3)61)55(47,65)50(64)68-7/h10-16,18-19,24-27,33,46-48,56,65H,8-9,17,20-23,28-31H2,1-7H3,(H,57,62)/t33-,46+,47-,48-,51+,52-,53-,54+,55+/m1/s1. The molecule has 1 aliphatic carbocycles. The number of carbonyl (C=O) groups excluding carboxylic acids is 4. The van der Waals surface area contributed by atoms with Crippen molar-refractivity contribution in [1.82, 2.24) is 20.1 Å². The molecule has 2 aromatic heterocycles. The molecule has 1 unspecified atom stereocenters. The van der Waals surface area contributed by atoms with E-state index in [2.05, 4.69) is 51.3 Å². The Kier molecular flexibility index (Phi) is 10.9. The van der Waals surface area contributed by atoms with Crippen molar-refractivity contribution in [2.24, 2.45) is 11.3 Å². The number of nitrogens with one attached hydrogen (secondary N) is 2. The number of amides is 1. The molecular formula is C55H63N5O10. The summed E-state index contributed by atoms with van der Waals surface area (Å²) in [4.78, 5) is 68.4. The zero-order valence-corrected chi connectivity index (χ0v) is 41.1. The van der Waals surface area contributed by atoms with Gasteiger partial charge in [0.15, 0.2) is 6.10 Å². The second kappa shape index (κ2) is 16.5. The number of ether oxygens (including phenoxy) is 4. The van der Waals surface area contributed by atoms with Gasteiger partial charge >= 0.3 is 17.9 Å². The third-order valence-electron chi connectivity index (χ3n) is 17.7. The molecule has 11 rings (SSSR count). The molecule has 15 heteroatoms. The van der Waals surface area contributed by atoms with E-state index < -0.39 is 57.4 Å². The van der Waals surface area contributed by atoms with Gasteiger partial charge < -0.3 is 48.6 Å². The number of aliphatic hydroxyl groups is 1. The molecule has 3 fully saturated rings. The van der Waals surface area contributed by atoms with E-state index in [-0.39, 0.29) is 17.9 Å². The number of piperidine rings is 1. The molecule has 70 heavy (non-hydrogen) atoms. The Bertz CT molecular complexity index is 3000. The maximum absolute atomic E-state index is 15.8. The fourth-order valence-corrected chi connectivity index (χ4v) is 15.1. The van der Waals surface area contributed by atoms with Gasteiger partial charge in [-0.1, -0.05) is 44.2 Å². The number of esters is 3. The third kappa shape index (κ3) is 6.22. The molecule has 368 valence electrons. The van der Waals surface area contributed by atoms with Gasteiger partial charge in [0.1, 0.15) is 16.7 Å². The summed E-state index contributed by atoms with van der Waals surface area (Å²) in [5.41, 5.74) is -0.382. The lowest BCUT2D eigenvalue weighted by Crippen LogP contribution is -2.81. The van der Waals surface area contributed by atoms with Crippen LogP contribution in [0.5, 0.6) is 5.75 Å². The predicted molar refractivity (Wildman–Crippen MR) is 262 cm³/mol. The molecule has 3 aromatic carbocycles. The lowest BCUT2D eigenvalue weighted by molar-refractivity contribution is -0.228. The topological polar surface area (TPSA) is 176 Å². The minimum Gasteiger partial charge on any atom is -0.496 e. The summed E-state index contributed by atoms with van der Waals surface area (Å²) in [7, 11) is 6.16. The van der Waals surface area contributed by atoms with Crippen LogP contribution in [0.25, 0.3) is 21.9 Å². The number of anilines is 1. The highest BCUT2D eigenvalue weighted by atomic mass is 16.6. The number of aromatic amines is 1. The first-order valence-electron chi connectivity index (χ1n) is 24.7.